The van der Waals surface area contributed by atoms with Crippen LogP contribution in [0.4, 0.5) is 13.2 Å². The molecule has 9 nitrogen and oxygen atoms in total. The van der Waals surface area contributed by atoms with E-state index in [0.29, 0.717) is 26.3 Å². The number of rotatable bonds is 3. The van der Waals surface area contributed by atoms with Crippen LogP contribution in [0, 0.1) is 0 Å². The number of benzene rings is 1. The topological polar surface area (TPSA) is 127 Å². The quantitative estimate of drug-likeness (QED) is 0.373. The molecule has 0 atom stereocenters. The summed E-state index contributed by atoms with van der Waals surface area (Å²) in [7, 11) is 0.949. The highest BCUT2D eigenvalue weighted by Gasteiger charge is 2.35. The van der Waals surface area contributed by atoms with Crippen LogP contribution < -0.4 is 11.2 Å². The van der Waals surface area contributed by atoms with Gasteiger partial charge >= 0.3 is 17.8 Å². The molecular formula is C20H13Cl2F3N4O5S. The van der Waals surface area contributed by atoms with E-state index >= 15 is 0 Å². The van der Waals surface area contributed by atoms with Gasteiger partial charge < -0.3 is 10.2 Å². The van der Waals surface area contributed by atoms with Gasteiger partial charge in [0.25, 0.3) is 5.56 Å². The first kappa shape index (κ1) is 26.3. The van der Waals surface area contributed by atoms with Crippen LogP contribution in [0.3, 0.4) is 0 Å². The Labute approximate surface area is 207 Å². The molecule has 3 aromatic heterocycles. The first-order valence-corrected chi connectivity index (χ1v) is 10.8. The lowest BCUT2D eigenvalue weighted by Crippen LogP contribution is -2.40. The Morgan fingerprint density at radius 1 is 1.11 bits per heavy atom. The Morgan fingerprint density at radius 3 is 2.29 bits per heavy atom. The zero-order valence-corrected chi connectivity index (χ0v) is 19.7. The van der Waals surface area contributed by atoms with Gasteiger partial charge in [-0.3, -0.25) is 9.36 Å². The molecule has 0 bridgehead atoms. The zero-order valence-electron chi connectivity index (χ0n) is 17.4. The zero-order chi connectivity index (χ0) is 26.1. The van der Waals surface area contributed by atoms with E-state index in [1.807, 2.05) is 0 Å². The third-order valence-corrected chi connectivity index (χ3v) is 5.81. The van der Waals surface area contributed by atoms with Crippen molar-refractivity contribution in [2.24, 2.45) is 7.05 Å². The van der Waals surface area contributed by atoms with Gasteiger partial charge in [-0.25, -0.2) is 19.1 Å². The maximum Gasteiger partial charge on any atom is 0.431 e. The van der Waals surface area contributed by atoms with E-state index in [4.69, 9.17) is 28.3 Å². The molecule has 0 unspecified atom stereocenters. The number of aromatic carboxylic acids is 1. The number of carboxylic acid groups (broad SMARTS) is 1. The van der Waals surface area contributed by atoms with E-state index in [0.717, 1.165) is 23.3 Å². The monoisotopic (exact) mass is 548 g/mol. The maximum absolute atomic E-state index is 12.9. The van der Waals surface area contributed by atoms with Crippen molar-refractivity contribution in [2.45, 2.75) is 12.8 Å². The summed E-state index contributed by atoms with van der Waals surface area (Å²) in [6.07, 6.45) is -4.81. The molecule has 0 aliphatic rings. The molecule has 0 aliphatic heterocycles. The van der Waals surface area contributed by atoms with Gasteiger partial charge in [0.15, 0.2) is 0 Å². The number of aliphatic hydroxyl groups is 1. The van der Waals surface area contributed by atoms with Crippen LogP contribution in [0.1, 0.15) is 21.7 Å². The third kappa shape index (κ3) is 5.70. The molecule has 0 radical (unpaired) electrons. The largest absolute Gasteiger partial charge is 0.478 e. The molecule has 0 saturated carbocycles. The van der Waals surface area contributed by atoms with Crippen LogP contribution >= 0.6 is 34.7 Å². The van der Waals surface area contributed by atoms with Gasteiger partial charge in [0.05, 0.1) is 28.3 Å². The minimum absolute atomic E-state index is 0.0370. The number of fused-ring (bicyclic) bond motifs is 1. The second-order valence-electron chi connectivity index (χ2n) is 6.82. The van der Waals surface area contributed by atoms with Gasteiger partial charge in [0, 0.05) is 18.5 Å². The maximum atomic E-state index is 12.9. The number of aromatic nitrogens is 4. The molecule has 0 aliphatic carbocycles. The number of hydrogen-bond donors (Lipinski definition) is 2. The van der Waals surface area contributed by atoms with Crippen LogP contribution in [0.25, 0.3) is 15.8 Å². The van der Waals surface area contributed by atoms with Gasteiger partial charge in [-0.05, 0) is 41.9 Å². The standard InChI is InChI=1S/C14H10F3N3O3S.C6H3Cl2NO2/c1-19-11(14(15,16)17)5-12(22)20(13(19)23)7-2-3-10-8(4-7)9(6-21)18-24-10;7-4-1-3(6(10)11)2-5(8)9-4/h2-5,21H,6H2,1H3;1-2H,(H,10,11). The Morgan fingerprint density at radius 2 is 1.74 bits per heavy atom. The van der Waals surface area contributed by atoms with Gasteiger partial charge in [-0.2, -0.15) is 17.5 Å². The smallest absolute Gasteiger partial charge is 0.431 e. The van der Waals surface area contributed by atoms with Crippen molar-refractivity contribution in [1.82, 2.24) is 18.5 Å². The predicted molar refractivity (Wildman–Crippen MR) is 123 cm³/mol. The third-order valence-electron chi connectivity index (χ3n) is 4.56. The first-order valence-electron chi connectivity index (χ1n) is 9.29. The fourth-order valence-corrected chi connectivity index (χ4v) is 4.18. The van der Waals surface area contributed by atoms with Crippen molar-refractivity contribution in [3.63, 3.8) is 0 Å². The van der Waals surface area contributed by atoms with Crippen LogP contribution in [0.15, 0.2) is 46.0 Å². The average molecular weight is 549 g/mol. The highest BCUT2D eigenvalue weighted by Crippen LogP contribution is 2.28. The molecule has 3 heterocycles. The van der Waals surface area contributed by atoms with Gasteiger partial charge in [0.2, 0.25) is 0 Å². The first-order chi connectivity index (χ1) is 16.3. The molecule has 35 heavy (non-hydrogen) atoms. The van der Waals surface area contributed by atoms with Crippen LogP contribution in [0.5, 0.6) is 0 Å². The average Bonchev–Trinajstić information content (AvgIpc) is 3.18. The number of carboxylic acids is 1. The molecule has 1 aromatic carbocycles. The van der Waals surface area contributed by atoms with E-state index in [-0.39, 0.29) is 28.2 Å². The summed E-state index contributed by atoms with van der Waals surface area (Å²) in [6.45, 7) is -0.330. The number of aliphatic hydroxyl groups excluding tert-OH is 1. The number of hydrogen-bond acceptors (Lipinski definition) is 7. The number of nitrogens with zero attached hydrogens (tertiary/aromatic N) is 4. The summed E-state index contributed by atoms with van der Waals surface area (Å²) in [5, 5.41) is 18.4. The highest BCUT2D eigenvalue weighted by atomic mass is 35.5. The second kappa shape index (κ2) is 10.2. The van der Waals surface area contributed by atoms with E-state index in [1.165, 1.54) is 24.3 Å². The minimum atomic E-state index is -4.81. The fraction of sp³-hybridized carbons (Fsp3) is 0.150. The Hall–Kier alpha value is -3.26. The summed E-state index contributed by atoms with van der Waals surface area (Å²) in [6, 6.07) is 7.32. The van der Waals surface area contributed by atoms with Crippen LogP contribution in [-0.4, -0.2) is 34.7 Å². The number of pyridine rings is 1. The van der Waals surface area contributed by atoms with E-state index in [2.05, 4.69) is 9.36 Å². The molecule has 4 rings (SSSR count). The van der Waals surface area contributed by atoms with E-state index in [9.17, 15) is 32.7 Å². The van der Waals surface area contributed by atoms with Gasteiger partial charge in [0.1, 0.15) is 16.0 Å². The van der Waals surface area contributed by atoms with Gasteiger partial charge in [-0.1, -0.05) is 23.2 Å². The van der Waals surface area contributed by atoms with Crippen molar-refractivity contribution >= 4 is 50.8 Å². The normalized spacial score (nSPS) is 11.3. The predicted octanol–water partition coefficient (Wildman–Crippen LogP) is 3.74. The lowest BCUT2D eigenvalue weighted by Gasteiger charge is -2.13. The molecule has 184 valence electrons. The summed E-state index contributed by atoms with van der Waals surface area (Å²) in [5.74, 6) is -1.07. The summed E-state index contributed by atoms with van der Waals surface area (Å²) >= 11 is 12.0. The molecule has 4 aromatic rings. The van der Waals surface area contributed by atoms with Crippen molar-refractivity contribution < 1.29 is 28.2 Å². The lowest BCUT2D eigenvalue weighted by molar-refractivity contribution is -0.144. The second-order valence-corrected chi connectivity index (χ2v) is 8.40. The molecule has 15 heteroatoms. The molecular weight excluding hydrogens is 536 g/mol. The van der Waals surface area contributed by atoms with Crippen LogP contribution in [-0.2, 0) is 19.8 Å². The van der Waals surface area contributed by atoms with Gasteiger partial charge in [-0.15, -0.1) is 0 Å². The number of alkyl halides is 3. The lowest BCUT2D eigenvalue weighted by atomic mass is 10.2. The van der Waals surface area contributed by atoms with Crippen molar-refractivity contribution in [3.05, 3.63) is 84.5 Å². The molecule has 0 fully saturated rings. The SMILES string of the molecule is Cn1c(C(F)(F)F)cc(=O)n(-c2ccc3snc(CO)c3c2)c1=O.O=C(O)c1cc(Cl)nc(Cl)c1. The van der Waals surface area contributed by atoms with Crippen molar-refractivity contribution in [1.29, 1.82) is 0 Å². The highest BCUT2D eigenvalue weighted by molar-refractivity contribution is 7.13. The van der Waals surface area contributed by atoms with Crippen molar-refractivity contribution in [3.8, 4) is 5.69 Å². The van der Waals surface area contributed by atoms with Crippen LogP contribution in [0.2, 0.25) is 10.3 Å². The Bertz CT molecular complexity index is 1530. The van der Waals surface area contributed by atoms with E-state index in [1.54, 1.807) is 6.07 Å². The Kier molecular flexibility index (Phi) is 7.65. The fourth-order valence-electron chi connectivity index (χ4n) is 2.95. The number of halogens is 5. The summed E-state index contributed by atoms with van der Waals surface area (Å²) in [4.78, 5) is 38.3. The molecule has 0 spiro atoms. The summed E-state index contributed by atoms with van der Waals surface area (Å²) in [5.41, 5.74) is -3.00. The van der Waals surface area contributed by atoms with E-state index < -0.39 is 29.1 Å². The molecule has 2 N–H and O–H groups in total. The Balaban J connectivity index is 0.000000261. The number of carbonyl (C=O) groups is 1. The minimum Gasteiger partial charge on any atom is -0.478 e. The molecule has 0 saturated heterocycles. The van der Waals surface area contributed by atoms with Crippen molar-refractivity contribution in [2.75, 3.05) is 0 Å². The molecule has 0 amide bonds. The summed E-state index contributed by atoms with van der Waals surface area (Å²) < 4.78 is 44.4.